The van der Waals surface area contributed by atoms with Gasteiger partial charge in [-0.2, -0.15) is 0 Å². The van der Waals surface area contributed by atoms with Crippen LogP contribution in [0.1, 0.15) is 6.42 Å². The van der Waals surface area contributed by atoms with Gasteiger partial charge in [0, 0.05) is 13.7 Å². The molecule has 4 nitrogen and oxygen atoms in total. The van der Waals surface area contributed by atoms with Crippen molar-refractivity contribution in [3.63, 3.8) is 0 Å². The van der Waals surface area contributed by atoms with Crippen LogP contribution in [0.3, 0.4) is 0 Å². The fourth-order valence-electron chi connectivity index (χ4n) is 1.10. The summed E-state index contributed by atoms with van der Waals surface area (Å²) in [6.07, 6.45) is 0.851. The molecule has 1 saturated heterocycles. The molecule has 10 heavy (non-hydrogen) atoms. The summed E-state index contributed by atoms with van der Waals surface area (Å²) < 4.78 is 5.02. The Bertz CT molecular complexity index is 138. The average molecular weight is 144 g/mol. The maximum absolute atomic E-state index is 10.6. The first-order valence-electron chi connectivity index (χ1n) is 3.29. The number of ether oxygens (including phenoxy) is 1. The average Bonchev–Trinajstić information content (AvgIpc) is 2.34. The van der Waals surface area contributed by atoms with E-state index in [-0.39, 0.29) is 18.1 Å². The van der Waals surface area contributed by atoms with Crippen molar-refractivity contribution in [2.24, 2.45) is 5.73 Å². The lowest BCUT2D eigenvalue weighted by Crippen LogP contribution is -2.36. The van der Waals surface area contributed by atoms with Gasteiger partial charge in [0.25, 0.3) is 0 Å². The third-order valence-electron chi connectivity index (χ3n) is 1.77. The van der Waals surface area contributed by atoms with Crippen molar-refractivity contribution >= 4 is 5.91 Å². The number of nitrogens with one attached hydrogen (secondary N) is 1. The molecule has 1 aliphatic heterocycles. The van der Waals surface area contributed by atoms with Crippen LogP contribution in [-0.4, -0.2) is 31.7 Å². The van der Waals surface area contributed by atoms with Gasteiger partial charge in [-0.3, -0.25) is 4.79 Å². The molecule has 0 saturated carbocycles. The van der Waals surface area contributed by atoms with Crippen LogP contribution in [0.5, 0.6) is 0 Å². The summed E-state index contributed by atoms with van der Waals surface area (Å²) in [5.41, 5.74) is 5.06. The Hall–Kier alpha value is -0.610. The van der Waals surface area contributed by atoms with Crippen LogP contribution in [0.4, 0.5) is 0 Å². The van der Waals surface area contributed by atoms with Crippen LogP contribution in [0.2, 0.25) is 0 Å². The predicted molar refractivity (Wildman–Crippen MR) is 36.4 cm³/mol. The van der Waals surface area contributed by atoms with Gasteiger partial charge in [0.2, 0.25) is 5.91 Å². The highest BCUT2D eigenvalue weighted by atomic mass is 16.5. The second-order valence-electron chi connectivity index (χ2n) is 2.46. The number of amides is 1. The lowest BCUT2D eigenvalue weighted by molar-refractivity contribution is -0.119. The Morgan fingerprint density at radius 3 is 2.80 bits per heavy atom. The molecule has 0 aromatic rings. The van der Waals surface area contributed by atoms with Gasteiger partial charge < -0.3 is 15.8 Å². The summed E-state index contributed by atoms with van der Waals surface area (Å²) in [5.74, 6) is -0.292. The highest BCUT2D eigenvalue weighted by molar-refractivity contribution is 5.80. The Labute approximate surface area is 59.7 Å². The molecule has 0 spiro atoms. The molecule has 0 unspecified atom stereocenters. The van der Waals surface area contributed by atoms with Crippen LogP contribution in [0, 0.1) is 0 Å². The molecule has 0 aromatic carbocycles. The van der Waals surface area contributed by atoms with Gasteiger partial charge in [0.15, 0.2) is 0 Å². The van der Waals surface area contributed by atoms with Crippen LogP contribution < -0.4 is 11.1 Å². The van der Waals surface area contributed by atoms with Crippen molar-refractivity contribution < 1.29 is 9.53 Å². The summed E-state index contributed by atoms with van der Waals surface area (Å²) >= 11 is 0. The zero-order valence-electron chi connectivity index (χ0n) is 5.96. The summed E-state index contributed by atoms with van der Waals surface area (Å²) in [6, 6.07) is -0.190. The Kier molecular flexibility index (Phi) is 2.24. The molecule has 1 aliphatic rings. The largest absolute Gasteiger partial charge is 0.380 e. The fraction of sp³-hybridized carbons (Fsp3) is 0.833. The highest BCUT2D eigenvalue weighted by Crippen LogP contribution is 2.08. The minimum Gasteiger partial charge on any atom is -0.380 e. The first-order chi connectivity index (χ1) is 4.74. The Morgan fingerprint density at radius 2 is 2.50 bits per heavy atom. The van der Waals surface area contributed by atoms with Crippen molar-refractivity contribution in [2.45, 2.75) is 18.6 Å². The molecular weight excluding hydrogens is 132 g/mol. The van der Waals surface area contributed by atoms with E-state index in [1.165, 1.54) is 0 Å². The van der Waals surface area contributed by atoms with Crippen molar-refractivity contribution in [1.29, 1.82) is 0 Å². The van der Waals surface area contributed by atoms with Crippen molar-refractivity contribution in [1.82, 2.24) is 5.32 Å². The summed E-state index contributed by atoms with van der Waals surface area (Å²) in [7, 11) is 1.63. The predicted octanol–water partition coefficient (Wildman–Crippen LogP) is -1.15. The van der Waals surface area contributed by atoms with Crippen molar-refractivity contribution in [2.75, 3.05) is 13.7 Å². The van der Waals surface area contributed by atoms with E-state index in [0.717, 1.165) is 6.54 Å². The van der Waals surface area contributed by atoms with Gasteiger partial charge in [-0.05, 0) is 6.42 Å². The van der Waals surface area contributed by atoms with Gasteiger partial charge in [0.1, 0.15) is 0 Å². The lowest BCUT2D eigenvalue weighted by atomic mass is 10.2. The number of carbonyl (C=O) groups is 1. The minimum atomic E-state index is -0.292. The van der Waals surface area contributed by atoms with Crippen molar-refractivity contribution in [3.8, 4) is 0 Å². The molecular formula is C6H12N2O2. The zero-order valence-corrected chi connectivity index (χ0v) is 5.96. The first-order valence-corrected chi connectivity index (χ1v) is 3.29. The van der Waals surface area contributed by atoms with Crippen LogP contribution in [0.25, 0.3) is 0 Å². The molecule has 0 bridgehead atoms. The number of rotatable bonds is 2. The summed E-state index contributed by atoms with van der Waals surface area (Å²) in [6.45, 7) is 0.726. The SMILES string of the molecule is CO[C@@H]1CN[C@@H](C(N)=O)C1. The van der Waals surface area contributed by atoms with Gasteiger partial charge in [0.05, 0.1) is 12.1 Å². The maximum atomic E-state index is 10.6. The fourth-order valence-corrected chi connectivity index (χ4v) is 1.10. The number of methoxy groups -OCH3 is 1. The van der Waals surface area contributed by atoms with Gasteiger partial charge in [-0.15, -0.1) is 0 Å². The molecule has 1 amide bonds. The van der Waals surface area contributed by atoms with Crippen LogP contribution >= 0.6 is 0 Å². The molecule has 0 aromatic heterocycles. The van der Waals surface area contributed by atoms with E-state index < -0.39 is 0 Å². The van der Waals surface area contributed by atoms with Gasteiger partial charge in [-0.1, -0.05) is 0 Å². The van der Waals surface area contributed by atoms with Crippen LogP contribution in [0.15, 0.2) is 0 Å². The molecule has 1 heterocycles. The van der Waals surface area contributed by atoms with Gasteiger partial charge >= 0.3 is 0 Å². The zero-order chi connectivity index (χ0) is 7.56. The molecule has 3 N–H and O–H groups in total. The number of nitrogens with two attached hydrogens (primary N) is 1. The number of hydrogen-bond donors (Lipinski definition) is 2. The topological polar surface area (TPSA) is 64.3 Å². The molecule has 58 valence electrons. The summed E-state index contributed by atoms with van der Waals surface area (Å²) in [5, 5.41) is 2.96. The van der Waals surface area contributed by atoms with E-state index in [1.54, 1.807) is 7.11 Å². The summed E-state index contributed by atoms with van der Waals surface area (Å²) in [4.78, 5) is 10.6. The number of carbonyl (C=O) groups excluding carboxylic acids is 1. The van der Waals surface area contributed by atoms with E-state index in [2.05, 4.69) is 5.32 Å². The van der Waals surface area contributed by atoms with E-state index >= 15 is 0 Å². The second-order valence-corrected chi connectivity index (χ2v) is 2.46. The quantitative estimate of drug-likeness (QED) is 0.514. The Balaban J connectivity index is 2.35. The van der Waals surface area contributed by atoms with Gasteiger partial charge in [-0.25, -0.2) is 0 Å². The normalized spacial score (nSPS) is 32.5. The van der Waals surface area contributed by atoms with Crippen LogP contribution in [-0.2, 0) is 9.53 Å². The molecule has 1 fully saturated rings. The third kappa shape index (κ3) is 1.46. The molecule has 1 rings (SSSR count). The third-order valence-corrected chi connectivity index (χ3v) is 1.77. The molecule has 0 radical (unpaired) electrons. The maximum Gasteiger partial charge on any atom is 0.234 e. The van der Waals surface area contributed by atoms with E-state index in [9.17, 15) is 4.79 Å². The number of hydrogen-bond acceptors (Lipinski definition) is 3. The standard InChI is InChI=1S/C6H12N2O2/c1-10-4-2-5(6(7)9)8-3-4/h4-5,8H,2-3H2,1H3,(H2,7,9)/t4-,5+/m0/s1. The Morgan fingerprint density at radius 1 is 1.80 bits per heavy atom. The monoisotopic (exact) mass is 144 g/mol. The highest BCUT2D eigenvalue weighted by Gasteiger charge is 2.27. The van der Waals surface area contributed by atoms with E-state index in [4.69, 9.17) is 10.5 Å². The molecule has 0 aliphatic carbocycles. The molecule has 4 heteroatoms. The minimum absolute atomic E-state index is 0.150. The second kappa shape index (κ2) is 2.98. The van der Waals surface area contributed by atoms with Crippen molar-refractivity contribution in [3.05, 3.63) is 0 Å². The van der Waals surface area contributed by atoms with E-state index in [0.29, 0.717) is 6.42 Å². The van der Waals surface area contributed by atoms with E-state index in [1.807, 2.05) is 0 Å². The smallest absolute Gasteiger partial charge is 0.234 e. The lowest BCUT2D eigenvalue weighted by Gasteiger charge is -2.04. The molecule has 2 atom stereocenters. The first kappa shape index (κ1) is 7.50. The number of primary amides is 1.